The van der Waals surface area contributed by atoms with Crippen molar-refractivity contribution in [3.63, 3.8) is 0 Å². The van der Waals surface area contributed by atoms with Gasteiger partial charge in [0, 0.05) is 12.8 Å². The maximum Gasteiger partial charge on any atom is 0.158 e. The van der Waals surface area contributed by atoms with E-state index in [4.69, 9.17) is 9.98 Å². The number of benzene rings is 4. The van der Waals surface area contributed by atoms with Gasteiger partial charge in [-0.05, 0) is 153 Å². The number of hydrogen-bond acceptors (Lipinski definition) is 5. The number of Topliss-reactive ketones (excluding diaryl/α,β-unsaturated/α-hetero) is 1. The minimum Gasteiger partial charge on any atom is -0.504 e. The van der Waals surface area contributed by atoms with Crippen LogP contribution in [0.3, 0.4) is 0 Å². The second kappa shape index (κ2) is 27.5. The highest BCUT2D eigenvalue weighted by molar-refractivity contribution is 6.42. The Morgan fingerprint density at radius 3 is 1.56 bits per heavy atom. The van der Waals surface area contributed by atoms with Crippen LogP contribution in [0.15, 0.2) is 70.6 Å². The molecular weight excluding hydrogens is 725 g/mol. The summed E-state index contributed by atoms with van der Waals surface area (Å²) in [5, 5.41) is 20.7. The van der Waals surface area contributed by atoms with Crippen LogP contribution in [0.1, 0.15) is 185 Å². The number of carbonyl (C=O) groups excluding carboxylic acids is 1. The summed E-state index contributed by atoms with van der Waals surface area (Å²) in [5.74, 6) is -0.133. The highest BCUT2D eigenvalue weighted by atomic mass is 16.3. The number of phenols is 2. The number of phenolic OH excluding ortho intramolecular Hbond substituents is 2. The lowest BCUT2D eigenvalue weighted by Crippen LogP contribution is -2.10. The van der Waals surface area contributed by atoms with Gasteiger partial charge in [-0.25, -0.2) is 0 Å². The van der Waals surface area contributed by atoms with Gasteiger partial charge in [0.1, 0.15) is 5.78 Å². The predicted molar refractivity (Wildman–Crippen MR) is 256 cm³/mol. The average Bonchev–Trinajstić information content (AvgIpc) is 3.22. The van der Waals surface area contributed by atoms with Crippen LogP contribution in [0.2, 0.25) is 0 Å². The normalized spacial score (nSPS) is 11.9. The first-order valence-corrected chi connectivity index (χ1v) is 23.4. The number of ketones is 1. The minimum absolute atomic E-state index is 0.138. The van der Waals surface area contributed by atoms with Crippen molar-refractivity contribution in [3.05, 3.63) is 94.0 Å². The summed E-state index contributed by atoms with van der Waals surface area (Å²) in [7, 11) is 0. The third kappa shape index (κ3) is 17.1. The van der Waals surface area contributed by atoms with Gasteiger partial charge < -0.3 is 10.2 Å². The topological polar surface area (TPSA) is 82.2 Å². The van der Waals surface area contributed by atoms with Crippen molar-refractivity contribution in [3.8, 4) is 11.5 Å². The zero-order valence-corrected chi connectivity index (χ0v) is 38.3. The molecule has 0 aliphatic rings. The molecule has 0 unspecified atom stereocenters. The molecule has 2 N–H and O–H groups in total. The molecule has 5 heteroatoms. The zero-order valence-electron chi connectivity index (χ0n) is 38.3. The molecule has 0 fully saturated rings. The molecule has 0 aromatic heterocycles. The Morgan fingerprint density at radius 1 is 0.525 bits per heavy atom. The van der Waals surface area contributed by atoms with Crippen molar-refractivity contribution < 1.29 is 15.0 Å². The van der Waals surface area contributed by atoms with Gasteiger partial charge in [0.25, 0.3) is 0 Å². The summed E-state index contributed by atoms with van der Waals surface area (Å²) in [5.41, 5.74) is 12.4. The van der Waals surface area contributed by atoms with Crippen molar-refractivity contribution >= 4 is 39.4 Å². The molecule has 0 aliphatic heterocycles. The van der Waals surface area contributed by atoms with Crippen LogP contribution in [0.4, 0.5) is 11.4 Å². The van der Waals surface area contributed by atoms with E-state index >= 15 is 0 Å². The predicted octanol–water partition coefficient (Wildman–Crippen LogP) is 15.8. The van der Waals surface area contributed by atoms with E-state index in [2.05, 4.69) is 77.9 Å². The van der Waals surface area contributed by atoms with Crippen LogP contribution in [-0.4, -0.2) is 27.4 Å². The van der Waals surface area contributed by atoms with Crippen LogP contribution in [-0.2, 0) is 36.9 Å². The quantitative estimate of drug-likeness (QED) is 0.0398. The van der Waals surface area contributed by atoms with E-state index in [9.17, 15) is 15.0 Å². The number of rotatable bonds is 25. The number of unbranched alkanes of at least 4 members (excludes halogenated alkanes) is 9. The summed E-state index contributed by atoms with van der Waals surface area (Å²) in [6.45, 7) is 17.4. The Balaban J connectivity index is 0.000000427. The third-order valence-electron chi connectivity index (χ3n) is 11.4. The van der Waals surface area contributed by atoms with Gasteiger partial charge >= 0.3 is 0 Å². The van der Waals surface area contributed by atoms with E-state index in [-0.39, 0.29) is 17.3 Å². The van der Waals surface area contributed by atoms with Gasteiger partial charge in [-0.3, -0.25) is 14.8 Å². The number of aryl methyl sites for hydroxylation is 5. The van der Waals surface area contributed by atoms with E-state index in [1.807, 2.05) is 26.0 Å². The molecule has 0 amide bonds. The molecule has 0 radical (unpaired) electrons. The van der Waals surface area contributed by atoms with E-state index in [0.717, 1.165) is 64.0 Å². The van der Waals surface area contributed by atoms with Gasteiger partial charge in [-0.1, -0.05) is 129 Å². The molecule has 0 heterocycles. The molecule has 0 saturated carbocycles. The first kappa shape index (κ1) is 49.1. The largest absolute Gasteiger partial charge is 0.504 e. The third-order valence-corrected chi connectivity index (χ3v) is 11.4. The highest BCUT2D eigenvalue weighted by Gasteiger charge is 2.12. The Kier molecular flexibility index (Phi) is 22.9. The summed E-state index contributed by atoms with van der Waals surface area (Å²) in [4.78, 5) is 22.1. The summed E-state index contributed by atoms with van der Waals surface area (Å²) in [6, 6.07) is 20.8. The maximum atomic E-state index is 11.6. The Hall–Kier alpha value is -4.25. The number of nitrogens with zero attached hydrogens (tertiary/aromatic N) is 2. The van der Waals surface area contributed by atoms with Crippen molar-refractivity contribution in [1.29, 1.82) is 0 Å². The molecule has 0 bridgehead atoms. The van der Waals surface area contributed by atoms with Crippen LogP contribution in [0.5, 0.6) is 11.5 Å². The van der Waals surface area contributed by atoms with Gasteiger partial charge in [-0.15, -0.1) is 0 Å². The zero-order chi connectivity index (χ0) is 43.0. The van der Waals surface area contributed by atoms with Gasteiger partial charge in [0.15, 0.2) is 11.5 Å². The van der Waals surface area contributed by atoms with Crippen molar-refractivity contribution in [2.75, 3.05) is 0 Å². The van der Waals surface area contributed by atoms with Crippen molar-refractivity contribution in [2.24, 2.45) is 9.98 Å². The first-order valence-electron chi connectivity index (χ1n) is 23.4. The molecule has 0 atom stereocenters. The molecule has 322 valence electrons. The standard InChI is InChI=1S/C39H62N2.C15H16O3/c1-7-12-17-18-19-20-25-39(41-38-29-27-34(22-14-9-3)36(31-38)24-16-11-5)32(6)40-37-28-26-33(21-13-8-2)35(30-37)23-15-10-4;1-3-12(16)6-10-4-9(2)5-11-7-14(17)15(18)8-13(10)11/h26-31H,7-25H2,1-6H3;4-5,7-8,17-18H,3,6H2,1-2H3. The number of fused-ring (bicyclic) bond motifs is 1. The molecule has 59 heavy (non-hydrogen) atoms. The number of carbonyl (C=O) groups is 1. The molecule has 5 nitrogen and oxygen atoms in total. The average molecular weight is 803 g/mol. The van der Waals surface area contributed by atoms with Crippen LogP contribution in [0, 0.1) is 6.92 Å². The smallest absolute Gasteiger partial charge is 0.158 e. The first-order chi connectivity index (χ1) is 28.6. The lowest BCUT2D eigenvalue weighted by molar-refractivity contribution is -0.118. The molecule has 0 aliphatic carbocycles. The van der Waals surface area contributed by atoms with E-state index in [1.54, 1.807) is 0 Å². The van der Waals surface area contributed by atoms with Gasteiger partial charge in [-0.2, -0.15) is 0 Å². The summed E-state index contributed by atoms with van der Waals surface area (Å²) in [6.07, 6.45) is 24.2. The number of hydrogen-bond donors (Lipinski definition) is 2. The lowest BCUT2D eigenvalue weighted by atomic mass is 9.97. The van der Waals surface area contributed by atoms with E-state index < -0.39 is 0 Å². The van der Waals surface area contributed by atoms with Crippen molar-refractivity contribution in [1.82, 2.24) is 0 Å². The van der Waals surface area contributed by atoms with Gasteiger partial charge in [0.05, 0.1) is 22.8 Å². The molecular formula is C54H78N2O3. The second-order valence-corrected chi connectivity index (χ2v) is 16.6. The Labute approximate surface area is 358 Å². The Morgan fingerprint density at radius 2 is 1.02 bits per heavy atom. The molecule has 4 aromatic rings. The fraction of sp³-hybridized carbons (Fsp3) is 0.537. The lowest BCUT2D eigenvalue weighted by Gasteiger charge is -2.13. The number of aromatic hydroxyl groups is 2. The molecule has 0 spiro atoms. The fourth-order valence-electron chi connectivity index (χ4n) is 7.70. The maximum absolute atomic E-state index is 11.6. The summed E-state index contributed by atoms with van der Waals surface area (Å²) < 4.78 is 0. The van der Waals surface area contributed by atoms with Crippen LogP contribution in [0.25, 0.3) is 10.8 Å². The molecule has 4 aromatic carbocycles. The van der Waals surface area contributed by atoms with Crippen molar-refractivity contribution in [2.45, 2.75) is 190 Å². The number of aliphatic imine (C=N–C) groups is 2. The SMILES string of the molecule is CCC(=O)Cc1cc(C)cc2cc(O)c(O)cc12.CCCCCCCCC(=Nc1ccc(CCCC)c(CCCC)c1)C(C)=Nc1ccc(CCCC)c(CCCC)c1. The monoisotopic (exact) mass is 803 g/mol. The van der Waals surface area contributed by atoms with E-state index in [1.165, 1.54) is 137 Å². The molecule has 0 saturated heterocycles. The van der Waals surface area contributed by atoms with E-state index in [0.29, 0.717) is 12.8 Å². The fourth-order valence-corrected chi connectivity index (χ4v) is 7.70. The highest BCUT2D eigenvalue weighted by Crippen LogP contribution is 2.33. The van der Waals surface area contributed by atoms with Crippen LogP contribution >= 0.6 is 0 Å². The second-order valence-electron chi connectivity index (χ2n) is 16.6. The Bertz CT molecular complexity index is 1940. The van der Waals surface area contributed by atoms with Gasteiger partial charge in [0.2, 0.25) is 0 Å². The van der Waals surface area contributed by atoms with Crippen LogP contribution < -0.4 is 0 Å². The minimum atomic E-state index is -0.156. The summed E-state index contributed by atoms with van der Waals surface area (Å²) >= 11 is 0. The molecule has 4 rings (SSSR count).